The highest BCUT2D eigenvalue weighted by Crippen LogP contribution is 2.41. The molecule has 7 nitrogen and oxygen atoms in total. The number of benzene rings is 2. The Morgan fingerprint density at radius 3 is 2.66 bits per heavy atom. The number of hydrogen-bond acceptors (Lipinski definition) is 6. The molecule has 5 N–H and O–H groups in total. The second kappa shape index (κ2) is 8.88. The Kier molecular flexibility index (Phi) is 5.64. The summed E-state index contributed by atoms with van der Waals surface area (Å²) in [6.07, 6.45) is 7.54. The average molecular weight is 429 g/mol. The minimum absolute atomic E-state index is 0.269. The second-order valence-electron chi connectivity index (χ2n) is 8.41. The zero-order valence-corrected chi connectivity index (χ0v) is 17.9. The minimum Gasteiger partial charge on any atom is -0.489 e. The van der Waals surface area contributed by atoms with Gasteiger partial charge in [0.15, 0.2) is 5.65 Å². The lowest BCUT2D eigenvalue weighted by molar-refractivity contribution is 0.306. The summed E-state index contributed by atoms with van der Waals surface area (Å²) in [6.45, 7) is 0.518. The molecule has 0 saturated heterocycles. The molecule has 1 fully saturated rings. The number of nitrogens with two attached hydrogens (primary N) is 2. The molecule has 164 valence electrons. The van der Waals surface area contributed by atoms with E-state index in [2.05, 4.69) is 27.5 Å². The summed E-state index contributed by atoms with van der Waals surface area (Å²) < 4.78 is 7.74. The average Bonchev–Trinajstić information content (AvgIpc) is 3.28. The van der Waals surface area contributed by atoms with E-state index in [9.17, 15) is 0 Å². The lowest BCUT2D eigenvalue weighted by Gasteiger charge is -2.28. The van der Waals surface area contributed by atoms with Gasteiger partial charge in [0.25, 0.3) is 0 Å². The molecule has 2 heterocycles. The summed E-state index contributed by atoms with van der Waals surface area (Å²) in [7, 11) is 0. The standard InChI is InChI=1S/C25H28N6O/c26-19-11-9-18(10-12-19)22-23(25-28-13-14-31(25)30-24(22)27)29-20-7-4-8-21(15-20)32-16-17-5-2-1-3-6-17/h1-8,13-15,18-19,29H,9-12,16,26H2,(H2,27,30). The molecule has 4 aromatic rings. The van der Waals surface area contributed by atoms with Gasteiger partial charge in [-0.15, -0.1) is 5.10 Å². The molecule has 2 aromatic carbocycles. The Bertz CT molecular complexity index is 1200. The van der Waals surface area contributed by atoms with E-state index in [4.69, 9.17) is 16.2 Å². The van der Waals surface area contributed by atoms with Gasteiger partial charge in [-0.05, 0) is 49.3 Å². The number of ether oxygens (including phenoxy) is 1. The number of fused-ring (bicyclic) bond motifs is 1. The zero-order chi connectivity index (χ0) is 21.9. The van der Waals surface area contributed by atoms with E-state index in [0.29, 0.717) is 18.3 Å². The van der Waals surface area contributed by atoms with Crippen LogP contribution in [0.3, 0.4) is 0 Å². The number of hydrogen-bond donors (Lipinski definition) is 3. The van der Waals surface area contributed by atoms with Gasteiger partial charge >= 0.3 is 0 Å². The first-order valence-corrected chi connectivity index (χ1v) is 11.1. The smallest absolute Gasteiger partial charge is 0.177 e. The molecule has 32 heavy (non-hydrogen) atoms. The third kappa shape index (κ3) is 4.24. The van der Waals surface area contributed by atoms with Crippen molar-refractivity contribution in [2.45, 2.75) is 44.2 Å². The molecule has 0 unspecified atom stereocenters. The van der Waals surface area contributed by atoms with Crippen LogP contribution >= 0.6 is 0 Å². The molecule has 1 saturated carbocycles. The van der Waals surface area contributed by atoms with Crippen molar-refractivity contribution in [2.24, 2.45) is 5.73 Å². The van der Waals surface area contributed by atoms with E-state index in [-0.39, 0.29) is 6.04 Å². The zero-order valence-electron chi connectivity index (χ0n) is 17.9. The van der Waals surface area contributed by atoms with Gasteiger partial charge in [-0.2, -0.15) is 0 Å². The van der Waals surface area contributed by atoms with Crippen molar-refractivity contribution in [3.63, 3.8) is 0 Å². The summed E-state index contributed by atoms with van der Waals surface area (Å²) >= 11 is 0. The maximum absolute atomic E-state index is 6.45. The van der Waals surface area contributed by atoms with Gasteiger partial charge < -0.3 is 21.5 Å². The topological polar surface area (TPSA) is 103 Å². The van der Waals surface area contributed by atoms with Crippen LogP contribution in [0, 0.1) is 0 Å². The molecule has 0 atom stereocenters. The van der Waals surface area contributed by atoms with Crippen LogP contribution in [0.5, 0.6) is 5.75 Å². The Labute approximate surface area is 187 Å². The molecule has 2 aromatic heterocycles. The fourth-order valence-corrected chi connectivity index (χ4v) is 4.47. The van der Waals surface area contributed by atoms with E-state index in [1.165, 1.54) is 0 Å². The van der Waals surface area contributed by atoms with Crippen LogP contribution in [0.2, 0.25) is 0 Å². The monoisotopic (exact) mass is 428 g/mol. The number of aromatic nitrogens is 3. The van der Waals surface area contributed by atoms with Crippen molar-refractivity contribution in [3.8, 4) is 5.75 Å². The molecule has 5 rings (SSSR count). The number of imidazole rings is 1. The van der Waals surface area contributed by atoms with Crippen LogP contribution in [0.25, 0.3) is 5.65 Å². The van der Waals surface area contributed by atoms with Crippen molar-refractivity contribution in [1.29, 1.82) is 0 Å². The van der Waals surface area contributed by atoms with Gasteiger partial charge in [0.1, 0.15) is 18.2 Å². The number of nitrogens with one attached hydrogen (secondary N) is 1. The quantitative estimate of drug-likeness (QED) is 0.414. The third-order valence-corrected chi connectivity index (χ3v) is 6.14. The number of anilines is 3. The molecule has 7 heteroatoms. The fraction of sp³-hybridized carbons (Fsp3) is 0.280. The summed E-state index contributed by atoms with van der Waals surface area (Å²) in [5.74, 6) is 1.64. The lowest BCUT2D eigenvalue weighted by Crippen LogP contribution is -2.26. The summed E-state index contributed by atoms with van der Waals surface area (Å²) in [4.78, 5) is 4.55. The van der Waals surface area contributed by atoms with Crippen molar-refractivity contribution >= 4 is 22.8 Å². The van der Waals surface area contributed by atoms with E-state index in [1.807, 2.05) is 48.7 Å². The highest BCUT2D eigenvalue weighted by Gasteiger charge is 2.27. The first-order valence-electron chi connectivity index (χ1n) is 11.1. The SMILES string of the molecule is Nc1nn2ccnc2c(Nc2cccc(OCc3ccccc3)c2)c1C1CCC(N)CC1. The van der Waals surface area contributed by atoms with Crippen LogP contribution < -0.4 is 21.5 Å². The van der Waals surface area contributed by atoms with Gasteiger partial charge in [-0.25, -0.2) is 9.50 Å². The predicted molar refractivity (Wildman–Crippen MR) is 127 cm³/mol. The lowest BCUT2D eigenvalue weighted by atomic mass is 9.81. The first kappa shape index (κ1) is 20.3. The molecular formula is C25H28N6O. The number of nitrogens with zero attached hydrogens (tertiary/aromatic N) is 3. The molecule has 0 aliphatic heterocycles. The highest BCUT2D eigenvalue weighted by molar-refractivity contribution is 5.81. The predicted octanol–water partition coefficient (Wildman–Crippen LogP) is 4.62. The van der Waals surface area contributed by atoms with Crippen LogP contribution in [0.1, 0.15) is 42.7 Å². The van der Waals surface area contributed by atoms with Crippen molar-refractivity contribution in [3.05, 3.63) is 78.1 Å². The fourth-order valence-electron chi connectivity index (χ4n) is 4.47. The Morgan fingerprint density at radius 2 is 1.84 bits per heavy atom. The molecule has 0 spiro atoms. The van der Waals surface area contributed by atoms with Crippen LogP contribution in [0.4, 0.5) is 17.2 Å². The third-order valence-electron chi connectivity index (χ3n) is 6.14. The highest BCUT2D eigenvalue weighted by atomic mass is 16.5. The summed E-state index contributed by atoms with van der Waals surface area (Å²) in [5, 5.41) is 8.12. The molecule has 0 bridgehead atoms. The van der Waals surface area contributed by atoms with Gasteiger partial charge in [0.2, 0.25) is 0 Å². The number of rotatable bonds is 6. The van der Waals surface area contributed by atoms with E-state index in [1.54, 1.807) is 10.7 Å². The normalized spacial score (nSPS) is 18.5. The van der Waals surface area contributed by atoms with Crippen molar-refractivity contribution in [2.75, 3.05) is 11.1 Å². The Hall–Kier alpha value is -3.58. The van der Waals surface area contributed by atoms with Crippen LogP contribution in [-0.2, 0) is 6.61 Å². The van der Waals surface area contributed by atoms with E-state index >= 15 is 0 Å². The summed E-state index contributed by atoms with van der Waals surface area (Å²) in [5.41, 5.74) is 17.3. The Balaban J connectivity index is 1.44. The van der Waals surface area contributed by atoms with Crippen LogP contribution in [0.15, 0.2) is 67.0 Å². The maximum atomic E-state index is 6.45. The van der Waals surface area contributed by atoms with Gasteiger partial charge in [0, 0.05) is 35.8 Å². The van der Waals surface area contributed by atoms with Crippen molar-refractivity contribution in [1.82, 2.24) is 14.6 Å². The maximum Gasteiger partial charge on any atom is 0.177 e. The molecular weight excluding hydrogens is 400 g/mol. The molecule has 1 aliphatic rings. The van der Waals surface area contributed by atoms with Gasteiger partial charge in [-0.1, -0.05) is 36.4 Å². The Morgan fingerprint density at radius 1 is 1.03 bits per heavy atom. The van der Waals surface area contributed by atoms with E-state index < -0.39 is 0 Å². The molecule has 1 aliphatic carbocycles. The van der Waals surface area contributed by atoms with E-state index in [0.717, 1.165) is 59.6 Å². The van der Waals surface area contributed by atoms with Gasteiger partial charge in [-0.3, -0.25) is 0 Å². The first-order chi connectivity index (χ1) is 15.7. The molecule has 0 radical (unpaired) electrons. The second-order valence-corrected chi connectivity index (χ2v) is 8.41. The minimum atomic E-state index is 0.269. The number of nitrogen functional groups attached to an aromatic ring is 1. The van der Waals surface area contributed by atoms with Crippen molar-refractivity contribution < 1.29 is 4.74 Å². The molecule has 0 amide bonds. The van der Waals surface area contributed by atoms with Gasteiger partial charge in [0.05, 0.1) is 5.69 Å². The largest absolute Gasteiger partial charge is 0.489 e. The van der Waals surface area contributed by atoms with Crippen LogP contribution in [-0.4, -0.2) is 20.6 Å². The summed E-state index contributed by atoms with van der Waals surface area (Å²) in [6, 6.07) is 18.4.